The Hall–Kier alpha value is -5.91. The third kappa shape index (κ3) is 5.61. The maximum atomic E-state index is 13.4. The van der Waals surface area contributed by atoms with Crippen LogP contribution in [0, 0.1) is 20.2 Å². The molecule has 204 valence electrons. The van der Waals surface area contributed by atoms with Crippen molar-refractivity contribution in [2.45, 2.75) is 6.61 Å². The molecule has 0 bridgehead atoms. The van der Waals surface area contributed by atoms with Crippen LogP contribution >= 0.6 is 0 Å². The van der Waals surface area contributed by atoms with Crippen LogP contribution < -0.4 is 15.0 Å². The van der Waals surface area contributed by atoms with Gasteiger partial charge in [0.15, 0.2) is 11.6 Å². The molecular formula is C29H21N5O7. The molecule has 0 unspecified atom stereocenters. The minimum absolute atomic E-state index is 0.0401. The van der Waals surface area contributed by atoms with Crippen molar-refractivity contribution >= 4 is 28.5 Å². The Labute approximate surface area is 232 Å². The van der Waals surface area contributed by atoms with Crippen LogP contribution in [0.15, 0.2) is 101 Å². The van der Waals surface area contributed by atoms with Crippen LogP contribution in [0.5, 0.6) is 11.5 Å². The van der Waals surface area contributed by atoms with E-state index in [1.165, 1.54) is 43.7 Å². The molecule has 0 saturated heterocycles. The van der Waals surface area contributed by atoms with E-state index in [1.807, 2.05) is 18.2 Å². The average molecular weight is 552 g/mol. The van der Waals surface area contributed by atoms with E-state index < -0.39 is 21.1 Å². The first-order valence-electron chi connectivity index (χ1n) is 12.2. The monoisotopic (exact) mass is 551 g/mol. The third-order valence-electron chi connectivity index (χ3n) is 6.09. The van der Waals surface area contributed by atoms with Crippen molar-refractivity contribution in [2.75, 3.05) is 7.11 Å². The number of aromatic nitrogens is 2. The number of para-hydroxylation sites is 1. The fraction of sp³-hybridized carbons (Fsp3) is 0.0690. The highest BCUT2D eigenvalue weighted by Gasteiger charge is 2.23. The van der Waals surface area contributed by atoms with Gasteiger partial charge in [0.1, 0.15) is 6.61 Å². The van der Waals surface area contributed by atoms with Crippen molar-refractivity contribution < 1.29 is 19.3 Å². The zero-order chi connectivity index (χ0) is 28.9. The lowest BCUT2D eigenvalue weighted by atomic mass is 10.1. The van der Waals surface area contributed by atoms with Crippen LogP contribution in [0.3, 0.4) is 0 Å². The van der Waals surface area contributed by atoms with Gasteiger partial charge in [-0.05, 0) is 23.8 Å². The molecule has 0 amide bonds. The Morgan fingerprint density at radius 1 is 0.927 bits per heavy atom. The summed E-state index contributed by atoms with van der Waals surface area (Å²) in [5, 5.41) is 27.8. The van der Waals surface area contributed by atoms with Gasteiger partial charge in [-0.1, -0.05) is 54.6 Å². The molecule has 5 rings (SSSR count). The predicted octanol–water partition coefficient (Wildman–Crippen LogP) is 5.35. The molecule has 5 aromatic rings. The first kappa shape index (κ1) is 26.7. The Bertz CT molecular complexity index is 1870. The lowest BCUT2D eigenvalue weighted by Crippen LogP contribution is -2.20. The number of nitro benzene ring substituents is 2. The molecule has 0 atom stereocenters. The molecule has 0 aliphatic heterocycles. The topological polar surface area (TPSA) is 152 Å². The maximum absolute atomic E-state index is 13.4. The molecule has 0 fully saturated rings. The molecule has 41 heavy (non-hydrogen) atoms. The number of ether oxygens (including phenoxy) is 2. The summed E-state index contributed by atoms with van der Waals surface area (Å²) in [6.45, 7) is -0.176. The van der Waals surface area contributed by atoms with Gasteiger partial charge in [-0.15, -0.1) is 0 Å². The first-order chi connectivity index (χ1) is 19.9. The molecule has 0 spiro atoms. The van der Waals surface area contributed by atoms with Gasteiger partial charge in [0.05, 0.1) is 34.1 Å². The number of methoxy groups -OCH3 is 1. The second kappa shape index (κ2) is 11.5. The third-order valence-corrected chi connectivity index (χ3v) is 6.09. The fourth-order valence-electron chi connectivity index (χ4n) is 4.16. The van der Waals surface area contributed by atoms with Crippen LogP contribution in [-0.2, 0) is 6.61 Å². The molecular weight excluding hydrogens is 530 g/mol. The van der Waals surface area contributed by atoms with Crippen LogP contribution in [-0.4, -0.2) is 32.8 Å². The van der Waals surface area contributed by atoms with Crippen LogP contribution in [0.25, 0.3) is 22.3 Å². The molecule has 0 aliphatic carbocycles. The van der Waals surface area contributed by atoms with E-state index in [4.69, 9.17) is 9.47 Å². The van der Waals surface area contributed by atoms with E-state index in [2.05, 4.69) is 10.1 Å². The summed E-state index contributed by atoms with van der Waals surface area (Å²) in [6, 6.07) is 24.4. The summed E-state index contributed by atoms with van der Waals surface area (Å²) in [5.74, 6) is 0.179. The molecule has 0 N–H and O–H groups in total. The first-order valence-corrected chi connectivity index (χ1v) is 12.2. The zero-order valence-corrected chi connectivity index (χ0v) is 21.5. The van der Waals surface area contributed by atoms with E-state index in [-0.39, 0.29) is 29.4 Å². The number of nitro groups is 2. The Morgan fingerprint density at radius 3 is 2.41 bits per heavy atom. The quantitative estimate of drug-likeness (QED) is 0.135. The summed E-state index contributed by atoms with van der Waals surface area (Å²) < 4.78 is 12.2. The maximum Gasteiger partial charge on any atom is 0.315 e. The number of benzene rings is 4. The highest BCUT2D eigenvalue weighted by molar-refractivity contribution is 5.84. The van der Waals surface area contributed by atoms with Crippen molar-refractivity contribution in [3.8, 4) is 22.9 Å². The lowest BCUT2D eigenvalue weighted by molar-refractivity contribution is -0.386. The summed E-state index contributed by atoms with van der Waals surface area (Å²) in [5.41, 5.74) is 0.902. The van der Waals surface area contributed by atoms with Gasteiger partial charge in [0, 0.05) is 29.3 Å². The lowest BCUT2D eigenvalue weighted by Gasteiger charge is -2.12. The molecule has 4 aromatic carbocycles. The van der Waals surface area contributed by atoms with E-state index >= 15 is 0 Å². The normalized spacial score (nSPS) is 11.0. The summed E-state index contributed by atoms with van der Waals surface area (Å²) in [6.07, 6.45) is 1.30. The summed E-state index contributed by atoms with van der Waals surface area (Å²) in [7, 11) is 1.32. The van der Waals surface area contributed by atoms with Gasteiger partial charge in [-0.3, -0.25) is 25.0 Å². The highest BCUT2D eigenvalue weighted by Crippen LogP contribution is 2.38. The van der Waals surface area contributed by atoms with Gasteiger partial charge in [0.2, 0.25) is 5.75 Å². The van der Waals surface area contributed by atoms with Crippen molar-refractivity contribution in [1.29, 1.82) is 0 Å². The highest BCUT2D eigenvalue weighted by atomic mass is 16.6. The smallest absolute Gasteiger partial charge is 0.315 e. The van der Waals surface area contributed by atoms with Gasteiger partial charge < -0.3 is 9.47 Å². The zero-order valence-electron chi connectivity index (χ0n) is 21.5. The standard InChI is InChI=1S/C29H21N5O7/c1-40-26-16-20(15-25(34(38)39)27(26)41-18-19-8-7-11-22(14-19)33(36)37)17-30-32-28(21-9-3-2-4-10-21)31-24-13-6-5-12-23(24)29(32)35/h2-17H,18H2,1H3. The average Bonchev–Trinajstić information content (AvgIpc) is 2.99. The number of non-ortho nitro benzene ring substituents is 1. The van der Waals surface area contributed by atoms with Gasteiger partial charge in [-0.25, -0.2) is 4.98 Å². The van der Waals surface area contributed by atoms with E-state index in [1.54, 1.807) is 42.5 Å². The summed E-state index contributed by atoms with van der Waals surface area (Å²) in [4.78, 5) is 39.9. The van der Waals surface area contributed by atoms with Crippen molar-refractivity contribution in [2.24, 2.45) is 5.10 Å². The molecule has 0 saturated carbocycles. The Balaban J connectivity index is 1.55. The van der Waals surface area contributed by atoms with Crippen molar-refractivity contribution in [3.63, 3.8) is 0 Å². The largest absolute Gasteiger partial charge is 0.493 e. The number of fused-ring (bicyclic) bond motifs is 1. The predicted molar refractivity (Wildman–Crippen MR) is 152 cm³/mol. The Kier molecular flexibility index (Phi) is 7.45. The molecule has 12 heteroatoms. The minimum atomic E-state index is -0.637. The molecule has 1 aromatic heterocycles. The molecule has 0 aliphatic rings. The van der Waals surface area contributed by atoms with Crippen molar-refractivity contribution in [1.82, 2.24) is 9.66 Å². The number of rotatable bonds is 9. The van der Waals surface area contributed by atoms with E-state index in [0.717, 1.165) is 4.68 Å². The minimum Gasteiger partial charge on any atom is -0.493 e. The Morgan fingerprint density at radius 2 is 1.68 bits per heavy atom. The van der Waals surface area contributed by atoms with Crippen LogP contribution in [0.2, 0.25) is 0 Å². The number of hydrogen-bond donors (Lipinski definition) is 0. The van der Waals surface area contributed by atoms with Gasteiger partial charge >= 0.3 is 5.69 Å². The van der Waals surface area contributed by atoms with E-state index in [0.29, 0.717) is 27.9 Å². The molecule has 0 radical (unpaired) electrons. The van der Waals surface area contributed by atoms with Gasteiger partial charge in [0.25, 0.3) is 11.2 Å². The second-order valence-electron chi connectivity index (χ2n) is 8.72. The van der Waals surface area contributed by atoms with Crippen LogP contribution in [0.1, 0.15) is 11.1 Å². The number of hydrogen-bond acceptors (Lipinski definition) is 9. The summed E-state index contributed by atoms with van der Waals surface area (Å²) >= 11 is 0. The number of nitrogens with zero attached hydrogens (tertiary/aromatic N) is 5. The van der Waals surface area contributed by atoms with Crippen molar-refractivity contribution in [3.05, 3.63) is 133 Å². The molecule has 12 nitrogen and oxygen atoms in total. The van der Waals surface area contributed by atoms with Crippen LogP contribution in [0.4, 0.5) is 11.4 Å². The second-order valence-corrected chi connectivity index (χ2v) is 8.72. The van der Waals surface area contributed by atoms with Gasteiger partial charge in [-0.2, -0.15) is 9.78 Å². The fourth-order valence-corrected chi connectivity index (χ4v) is 4.16. The SMILES string of the molecule is COc1cc(C=Nn2c(-c3ccccc3)nc3ccccc3c2=O)cc([N+](=O)[O-])c1OCc1cccc([N+](=O)[O-])c1. The van der Waals surface area contributed by atoms with E-state index in [9.17, 15) is 25.0 Å². The molecule has 1 heterocycles.